The molecule has 1 aromatic rings. The highest BCUT2D eigenvalue weighted by molar-refractivity contribution is 5.85. The first-order valence-corrected chi connectivity index (χ1v) is 5.93. The molecule has 0 fully saturated rings. The molecule has 104 valence electrons. The monoisotopic (exact) mass is 275 g/mol. The summed E-state index contributed by atoms with van der Waals surface area (Å²) in [6.45, 7) is 4.25. The molecule has 0 unspecified atom stereocenters. The first-order valence-electron chi connectivity index (χ1n) is 5.93. The van der Waals surface area contributed by atoms with Gasteiger partial charge in [0.15, 0.2) is 11.5 Å². The van der Waals surface area contributed by atoms with Crippen molar-refractivity contribution in [3.8, 4) is 11.5 Å². The van der Waals surface area contributed by atoms with Crippen LogP contribution in [0, 0.1) is 0 Å². The Morgan fingerprint density at radius 2 is 2.06 bits per heavy atom. The number of ether oxygens (including phenoxy) is 2. The lowest BCUT2D eigenvalue weighted by atomic mass is 10.2. The minimum Gasteiger partial charge on any atom is -0.493 e. The molecule has 0 aliphatic rings. The first-order chi connectivity index (χ1) is 8.31. The van der Waals surface area contributed by atoms with Crippen LogP contribution in [0.2, 0.25) is 0 Å². The highest BCUT2D eigenvalue weighted by Crippen LogP contribution is 2.27. The minimum absolute atomic E-state index is 0. The molecule has 0 radical (unpaired) electrons. The number of aliphatic hydroxyl groups excluding tert-OH is 1. The van der Waals surface area contributed by atoms with Crippen molar-refractivity contribution in [2.45, 2.75) is 19.9 Å². The summed E-state index contributed by atoms with van der Waals surface area (Å²) in [6.07, 6.45) is 1.12. The van der Waals surface area contributed by atoms with E-state index in [-0.39, 0.29) is 25.6 Å². The maximum Gasteiger partial charge on any atom is 0.161 e. The Hall–Kier alpha value is -0.970. The second-order valence-corrected chi connectivity index (χ2v) is 3.73. The molecule has 0 aliphatic carbocycles. The predicted octanol–water partition coefficient (Wildman–Crippen LogP) is 1.99. The lowest BCUT2D eigenvalue weighted by Crippen LogP contribution is -2.13. The van der Waals surface area contributed by atoms with Crippen molar-refractivity contribution >= 4 is 12.4 Å². The van der Waals surface area contributed by atoms with Gasteiger partial charge in [-0.1, -0.05) is 13.0 Å². The number of hydrogen-bond donors (Lipinski definition) is 2. The first kappa shape index (κ1) is 17.0. The Kier molecular flexibility index (Phi) is 9.46. The average molecular weight is 276 g/mol. The normalized spacial score (nSPS) is 9.72. The van der Waals surface area contributed by atoms with Crippen LogP contribution in [0.1, 0.15) is 18.9 Å². The SMILES string of the molecule is CCCNCc1ccc(OCCO)c(OC)c1.Cl. The second kappa shape index (κ2) is 10.00. The van der Waals surface area contributed by atoms with Crippen molar-refractivity contribution in [2.24, 2.45) is 0 Å². The standard InChI is InChI=1S/C13H21NO3.ClH/c1-3-6-14-10-11-4-5-12(17-8-7-15)13(9-11)16-2;/h4-5,9,14-15H,3,6-8,10H2,1-2H3;1H. The molecule has 0 saturated heterocycles. The Morgan fingerprint density at radius 1 is 1.28 bits per heavy atom. The van der Waals surface area contributed by atoms with Gasteiger partial charge >= 0.3 is 0 Å². The van der Waals surface area contributed by atoms with E-state index in [1.165, 1.54) is 0 Å². The molecule has 0 bridgehead atoms. The third-order valence-electron chi connectivity index (χ3n) is 2.33. The number of hydrogen-bond acceptors (Lipinski definition) is 4. The molecule has 0 heterocycles. The summed E-state index contributed by atoms with van der Waals surface area (Å²) in [6, 6.07) is 5.82. The lowest BCUT2D eigenvalue weighted by molar-refractivity contribution is 0.196. The van der Waals surface area contributed by atoms with E-state index >= 15 is 0 Å². The van der Waals surface area contributed by atoms with Crippen LogP contribution in [0.5, 0.6) is 11.5 Å². The molecule has 4 nitrogen and oxygen atoms in total. The fourth-order valence-electron chi connectivity index (χ4n) is 1.51. The van der Waals surface area contributed by atoms with Crippen LogP contribution in [0.3, 0.4) is 0 Å². The zero-order chi connectivity index (χ0) is 12.5. The van der Waals surface area contributed by atoms with E-state index < -0.39 is 0 Å². The highest BCUT2D eigenvalue weighted by atomic mass is 35.5. The van der Waals surface area contributed by atoms with Crippen molar-refractivity contribution < 1.29 is 14.6 Å². The third kappa shape index (κ3) is 5.58. The summed E-state index contributed by atoms with van der Waals surface area (Å²) >= 11 is 0. The molecule has 1 rings (SSSR count). The van der Waals surface area contributed by atoms with Gasteiger partial charge in [0.25, 0.3) is 0 Å². The molecule has 0 saturated carbocycles. The van der Waals surface area contributed by atoms with Crippen molar-refractivity contribution in [3.63, 3.8) is 0 Å². The molecule has 2 N–H and O–H groups in total. The fraction of sp³-hybridized carbons (Fsp3) is 0.538. The summed E-state index contributed by atoms with van der Waals surface area (Å²) in [5, 5.41) is 12.0. The average Bonchev–Trinajstić information content (AvgIpc) is 2.37. The van der Waals surface area contributed by atoms with Gasteiger partial charge in [-0.2, -0.15) is 0 Å². The zero-order valence-electron chi connectivity index (χ0n) is 10.9. The molecule has 0 aliphatic heterocycles. The number of aliphatic hydroxyl groups is 1. The van der Waals surface area contributed by atoms with E-state index in [0.29, 0.717) is 11.5 Å². The maximum absolute atomic E-state index is 8.71. The molecule has 1 aromatic carbocycles. The van der Waals surface area contributed by atoms with Gasteiger partial charge in [-0.05, 0) is 30.7 Å². The highest BCUT2D eigenvalue weighted by Gasteiger charge is 2.05. The third-order valence-corrected chi connectivity index (χ3v) is 2.33. The summed E-state index contributed by atoms with van der Waals surface area (Å²) in [5.41, 5.74) is 1.16. The molecular formula is C13H22ClNO3. The Balaban J connectivity index is 0.00000289. The number of nitrogens with one attached hydrogen (secondary N) is 1. The summed E-state index contributed by atoms with van der Waals surface area (Å²) in [4.78, 5) is 0. The molecular weight excluding hydrogens is 254 g/mol. The van der Waals surface area contributed by atoms with Crippen molar-refractivity contribution in [1.29, 1.82) is 0 Å². The topological polar surface area (TPSA) is 50.7 Å². The van der Waals surface area contributed by atoms with E-state index in [1.54, 1.807) is 7.11 Å². The van der Waals surface area contributed by atoms with Gasteiger partial charge in [-0.25, -0.2) is 0 Å². The second-order valence-electron chi connectivity index (χ2n) is 3.73. The van der Waals surface area contributed by atoms with Crippen LogP contribution in [0.15, 0.2) is 18.2 Å². The number of methoxy groups -OCH3 is 1. The number of benzene rings is 1. The van der Waals surface area contributed by atoms with Gasteiger partial charge in [0.1, 0.15) is 6.61 Å². The van der Waals surface area contributed by atoms with Crippen molar-refractivity contribution in [1.82, 2.24) is 5.32 Å². The Bertz CT molecular complexity index is 334. The van der Waals surface area contributed by atoms with Gasteiger partial charge in [0.05, 0.1) is 13.7 Å². The van der Waals surface area contributed by atoms with Crippen LogP contribution in [-0.4, -0.2) is 32.0 Å². The van der Waals surface area contributed by atoms with E-state index in [1.807, 2.05) is 18.2 Å². The van der Waals surface area contributed by atoms with E-state index in [2.05, 4.69) is 12.2 Å². The molecule has 0 atom stereocenters. The molecule has 0 amide bonds. The van der Waals surface area contributed by atoms with Crippen LogP contribution < -0.4 is 14.8 Å². The molecule has 5 heteroatoms. The summed E-state index contributed by atoms with van der Waals surface area (Å²) in [5.74, 6) is 1.37. The fourth-order valence-corrected chi connectivity index (χ4v) is 1.51. The van der Waals surface area contributed by atoms with Gasteiger partial charge in [0, 0.05) is 6.54 Å². The van der Waals surface area contributed by atoms with Gasteiger partial charge in [0.2, 0.25) is 0 Å². The van der Waals surface area contributed by atoms with Crippen molar-refractivity contribution in [3.05, 3.63) is 23.8 Å². The summed E-state index contributed by atoms with van der Waals surface area (Å²) in [7, 11) is 1.62. The van der Waals surface area contributed by atoms with Gasteiger partial charge in [-0.3, -0.25) is 0 Å². The van der Waals surface area contributed by atoms with Gasteiger partial charge < -0.3 is 19.9 Å². The van der Waals surface area contributed by atoms with E-state index in [4.69, 9.17) is 14.6 Å². The number of rotatable bonds is 8. The molecule has 0 aromatic heterocycles. The lowest BCUT2D eigenvalue weighted by Gasteiger charge is -2.11. The predicted molar refractivity (Wildman–Crippen MR) is 74.8 cm³/mol. The Morgan fingerprint density at radius 3 is 2.67 bits per heavy atom. The smallest absolute Gasteiger partial charge is 0.161 e. The molecule has 0 spiro atoms. The zero-order valence-corrected chi connectivity index (χ0v) is 11.8. The van der Waals surface area contributed by atoms with Crippen LogP contribution in [-0.2, 0) is 6.54 Å². The summed E-state index contributed by atoms with van der Waals surface area (Å²) < 4.78 is 10.6. The number of halogens is 1. The van der Waals surface area contributed by atoms with Crippen LogP contribution >= 0.6 is 12.4 Å². The Labute approximate surface area is 115 Å². The van der Waals surface area contributed by atoms with E-state index in [0.717, 1.165) is 25.1 Å². The minimum atomic E-state index is 0. The molecule has 18 heavy (non-hydrogen) atoms. The van der Waals surface area contributed by atoms with E-state index in [9.17, 15) is 0 Å². The van der Waals surface area contributed by atoms with Crippen molar-refractivity contribution in [2.75, 3.05) is 26.9 Å². The van der Waals surface area contributed by atoms with Gasteiger partial charge in [-0.15, -0.1) is 12.4 Å². The van der Waals surface area contributed by atoms with Crippen LogP contribution in [0.4, 0.5) is 0 Å². The quantitative estimate of drug-likeness (QED) is 0.713. The van der Waals surface area contributed by atoms with Crippen LogP contribution in [0.25, 0.3) is 0 Å². The maximum atomic E-state index is 8.71. The largest absolute Gasteiger partial charge is 0.493 e.